The lowest BCUT2D eigenvalue weighted by Gasteiger charge is -2.26. The average Bonchev–Trinajstić information content (AvgIpc) is 3.89. The summed E-state index contributed by atoms with van der Waals surface area (Å²) in [5.74, 6) is 0. The summed E-state index contributed by atoms with van der Waals surface area (Å²) in [7, 11) is 0. The van der Waals surface area contributed by atoms with Crippen molar-refractivity contribution in [2.45, 2.75) is 0 Å². The molecule has 0 aliphatic heterocycles. The number of para-hydroxylation sites is 5. The second-order valence-corrected chi connectivity index (χ2v) is 13.1. The molecule has 220 valence electrons. The van der Waals surface area contributed by atoms with E-state index >= 15 is 0 Å². The molecular formula is C42H23NO3S. The van der Waals surface area contributed by atoms with Gasteiger partial charge in [0.25, 0.3) is 0 Å². The molecule has 0 spiro atoms. The number of furan rings is 3. The molecule has 7 aromatic carbocycles. The van der Waals surface area contributed by atoms with Crippen LogP contribution in [-0.4, -0.2) is 0 Å². The highest BCUT2D eigenvalue weighted by molar-refractivity contribution is 7.26. The van der Waals surface area contributed by atoms with Gasteiger partial charge in [0.05, 0.1) is 17.1 Å². The Balaban J connectivity index is 1.35. The second kappa shape index (κ2) is 9.25. The van der Waals surface area contributed by atoms with E-state index in [1.54, 1.807) is 0 Å². The summed E-state index contributed by atoms with van der Waals surface area (Å²) in [5, 5.41) is 8.92. The number of anilines is 3. The number of benzene rings is 7. The molecule has 5 heteroatoms. The molecule has 0 N–H and O–H groups in total. The van der Waals surface area contributed by atoms with Gasteiger partial charge in [-0.25, -0.2) is 0 Å². The molecule has 0 unspecified atom stereocenters. The molecule has 47 heavy (non-hydrogen) atoms. The second-order valence-electron chi connectivity index (χ2n) is 12.0. The normalized spacial score (nSPS) is 12.3. The fourth-order valence-electron chi connectivity index (χ4n) is 7.42. The molecule has 11 aromatic rings. The zero-order valence-electron chi connectivity index (χ0n) is 24.9. The van der Waals surface area contributed by atoms with Gasteiger partial charge in [-0.2, -0.15) is 0 Å². The molecule has 4 nitrogen and oxygen atoms in total. The first kappa shape index (κ1) is 25.2. The minimum Gasteiger partial charge on any atom is -0.454 e. The van der Waals surface area contributed by atoms with E-state index in [0.29, 0.717) is 0 Å². The first-order valence-electron chi connectivity index (χ1n) is 15.7. The smallest absolute Gasteiger partial charge is 0.160 e. The van der Waals surface area contributed by atoms with E-state index in [0.717, 1.165) is 82.9 Å². The summed E-state index contributed by atoms with van der Waals surface area (Å²) in [6.45, 7) is 0. The predicted octanol–water partition coefficient (Wildman–Crippen LogP) is 13.2. The summed E-state index contributed by atoms with van der Waals surface area (Å²) < 4.78 is 22.7. The standard InChI is InChI=1S/C42H23NO3S/c1-5-19-34-24(11-1)27-15-9-17-31(39(27)44-34)43(32-18-10-16-28-25-12-2-6-20-35(25)45-40(28)32)33-23-30-26-13-4-8-22-37(26)47-42(30)38-29-14-3-7-21-36(29)46-41(33)38/h1-23H. The van der Waals surface area contributed by atoms with Gasteiger partial charge in [0.15, 0.2) is 16.7 Å². The molecule has 4 heterocycles. The molecule has 0 aliphatic carbocycles. The third kappa shape index (κ3) is 3.41. The van der Waals surface area contributed by atoms with E-state index in [2.05, 4.69) is 114 Å². The Morgan fingerprint density at radius 1 is 0.383 bits per heavy atom. The van der Waals surface area contributed by atoms with Gasteiger partial charge in [0, 0.05) is 52.5 Å². The van der Waals surface area contributed by atoms with Crippen LogP contribution in [0.5, 0.6) is 0 Å². The van der Waals surface area contributed by atoms with Crippen LogP contribution in [0.3, 0.4) is 0 Å². The number of rotatable bonds is 3. The van der Waals surface area contributed by atoms with E-state index in [1.807, 2.05) is 41.7 Å². The number of nitrogens with zero attached hydrogens (tertiary/aromatic N) is 1. The van der Waals surface area contributed by atoms with Gasteiger partial charge in [-0.1, -0.05) is 97.1 Å². The van der Waals surface area contributed by atoms with Crippen LogP contribution >= 0.6 is 11.3 Å². The lowest BCUT2D eigenvalue weighted by Crippen LogP contribution is -2.11. The molecule has 0 aliphatic rings. The molecule has 0 atom stereocenters. The predicted molar refractivity (Wildman–Crippen MR) is 196 cm³/mol. The van der Waals surface area contributed by atoms with E-state index < -0.39 is 0 Å². The maximum absolute atomic E-state index is 6.86. The molecular weight excluding hydrogens is 599 g/mol. The van der Waals surface area contributed by atoms with Crippen LogP contribution in [0.15, 0.2) is 153 Å². The third-order valence-corrected chi connectivity index (χ3v) is 10.7. The lowest BCUT2D eigenvalue weighted by molar-refractivity contribution is 0.663. The van der Waals surface area contributed by atoms with Crippen LogP contribution in [0.2, 0.25) is 0 Å². The van der Waals surface area contributed by atoms with Crippen molar-refractivity contribution in [1.82, 2.24) is 0 Å². The fraction of sp³-hybridized carbons (Fsp3) is 0. The highest BCUT2D eigenvalue weighted by atomic mass is 32.1. The van der Waals surface area contributed by atoms with Gasteiger partial charge in [0.2, 0.25) is 0 Å². The Morgan fingerprint density at radius 3 is 1.51 bits per heavy atom. The number of thiophene rings is 1. The van der Waals surface area contributed by atoms with E-state index in [9.17, 15) is 0 Å². The lowest BCUT2D eigenvalue weighted by atomic mass is 10.0. The fourth-order valence-corrected chi connectivity index (χ4v) is 8.66. The van der Waals surface area contributed by atoms with Crippen LogP contribution in [0.4, 0.5) is 17.1 Å². The molecule has 0 saturated heterocycles. The van der Waals surface area contributed by atoms with Crippen molar-refractivity contribution in [2.24, 2.45) is 0 Å². The van der Waals surface area contributed by atoms with E-state index in [4.69, 9.17) is 13.3 Å². The monoisotopic (exact) mass is 621 g/mol. The average molecular weight is 622 g/mol. The van der Waals surface area contributed by atoms with E-state index in [1.165, 1.54) is 20.2 Å². The minimum absolute atomic E-state index is 0.807. The number of fused-ring (bicyclic) bond motifs is 13. The summed E-state index contributed by atoms with van der Waals surface area (Å²) in [6.07, 6.45) is 0. The van der Waals surface area contributed by atoms with Gasteiger partial charge < -0.3 is 13.3 Å². The van der Waals surface area contributed by atoms with Crippen molar-refractivity contribution in [3.63, 3.8) is 0 Å². The Morgan fingerprint density at radius 2 is 0.872 bits per heavy atom. The zero-order chi connectivity index (χ0) is 30.6. The highest BCUT2D eigenvalue weighted by Gasteiger charge is 2.28. The Labute approximate surface area is 271 Å². The highest BCUT2D eigenvalue weighted by Crippen LogP contribution is 2.52. The quantitative estimate of drug-likeness (QED) is 0.197. The first-order valence-corrected chi connectivity index (χ1v) is 16.5. The zero-order valence-corrected chi connectivity index (χ0v) is 25.7. The van der Waals surface area contributed by atoms with Gasteiger partial charge >= 0.3 is 0 Å². The molecule has 11 rings (SSSR count). The van der Waals surface area contributed by atoms with Gasteiger partial charge in [-0.3, -0.25) is 4.90 Å². The molecule has 0 bridgehead atoms. The maximum Gasteiger partial charge on any atom is 0.160 e. The molecule has 0 fully saturated rings. The topological polar surface area (TPSA) is 42.7 Å². The van der Waals surface area contributed by atoms with Crippen LogP contribution in [0, 0.1) is 0 Å². The van der Waals surface area contributed by atoms with Crippen LogP contribution in [-0.2, 0) is 0 Å². The van der Waals surface area contributed by atoms with Crippen LogP contribution < -0.4 is 4.90 Å². The summed E-state index contributed by atoms with van der Waals surface area (Å²) in [6, 6.07) is 48.5. The van der Waals surface area contributed by atoms with Crippen molar-refractivity contribution >= 4 is 114 Å². The van der Waals surface area contributed by atoms with Gasteiger partial charge in [0.1, 0.15) is 16.7 Å². The molecule has 0 radical (unpaired) electrons. The Kier molecular flexibility index (Phi) is 4.96. The molecule has 0 saturated carbocycles. The van der Waals surface area contributed by atoms with Crippen molar-refractivity contribution < 1.29 is 13.3 Å². The summed E-state index contributed by atoms with van der Waals surface area (Å²) in [4.78, 5) is 2.28. The Bertz CT molecular complexity index is 2930. The first-order chi connectivity index (χ1) is 23.3. The van der Waals surface area contributed by atoms with Crippen LogP contribution in [0.1, 0.15) is 0 Å². The van der Waals surface area contributed by atoms with Crippen LogP contribution in [0.25, 0.3) is 86.0 Å². The molecule has 4 aromatic heterocycles. The summed E-state index contributed by atoms with van der Waals surface area (Å²) in [5.41, 5.74) is 7.74. The van der Waals surface area contributed by atoms with Crippen molar-refractivity contribution in [2.75, 3.05) is 4.90 Å². The SMILES string of the molecule is c1ccc2c(c1)oc1c(N(c3cccc4c3oc3ccccc34)c3cc4c5ccccc5sc4c4c3oc3ccccc34)cccc12. The minimum atomic E-state index is 0.807. The largest absolute Gasteiger partial charge is 0.454 e. The number of hydrogen-bond acceptors (Lipinski definition) is 5. The van der Waals surface area contributed by atoms with Crippen molar-refractivity contribution in [3.8, 4) is 0 Å². The Hall–Kier alpha value is -6.04. The maximum atomic E-state index is 6.86. The molecule has 0 amide bonds. The van der Waals surface area contributed by atoms with E-state index in [-0.39, 0.29) is 0 Å². The van der Waals surface area contributed by atoms with Gasteiger partial charge in [-0.05, 0) is 42.5 Å². The third-order valence-electron chi connectivity index (χ3n) is 9.46. The number of hydrogen-bond donors (Lipinski definition) is 0. The van der Waals surface area contributed by atoms with Gasteiger partial charge in [-0.15, -0.1) is 11.3 Å². The summed E-state index contributed by atoms with van der Waals surface area (Å²) >= 11 is 1.82. The van der Waals surface area contributed by atoms with Crippen molar-refractivity contribution in [3.05, 3.63) is 140 Å². The van der Waals surface area contributed by atoms with Crippen molar-refractivity contribution in [1.29, 1.82) is 0 Å².